The Kier molecular flexibility index (Phi) is 6.89. The Morgan fingerprint density at radius 1 is 1.33 bits per heavy atom. The second-order valence-corrected chi connectivity index (χ2v) is 5.46. The SMILES string of the molecule is C=CC(C)(C)CN1CCCC1C(=O)O.O=C(O)C(F)(F)F. The van der Waals surface area contributed by atoms with E-state index in [0.717, 1.165) is 25.9 Å². The van der Waals surface area contributed by atoms with Crippen LogP contribution in [0.4, 0.5) is 13.2 Å². The maximum atomic E-state index is 10.9. The fourth-order valence-electron chi connectivity index (χ4n) is 1.88. The first-order valence-electron chi connectivity index (χ1n) is 6.31. The molecule has 1 rings (SSSR count). The van der Waals surface area contributed by atoms with E-state index in [2.05, 4.69) is 20.4 Å². The molecule has 1 fully saturated rings. The molecule has 0 aromatic heterocycles. The van der Waals surface area contributed by atoms with Gasteiger partial charge in [-0.25, -0.2) is 4.79 Å². The fourth-order valence-corrected chi connectivity index (χ4v) is 1.88. The number of carbonyl (C=O) groups is 2. The van der Waals surface area contributed by atoms with Crippen molar-refractivity contribution in [3.05, 3.63) is 12.7 Å². The number of hydrogen-bond donors (Lipinski definition) is 2. The third-order valence-corrected chi connectivity index (χ3v) is 3.05. The van der Waals surface area contributed by atoms with E-state index in [4.69, 9.17) is 15.0 Å². The Balaban J connectivity index is 0.000000486. The molecule has 1 atom stereocenters. The summed E-state index contributed by atoms with van der Waals surface area (Å²) in [6, 6.07) is -0.283. The van der Waals surface area contributed by atoms with Crippen LogP contribution >= 0.6 is 0 Å². The van der Waals surface area contributed by atoms with Crippen LogP contribution in [0.5, 0.6) is 0 Å². The smallest absolute Gasteiger partial charge is 0.480 e. The molecule has 1 unspecified atom stereocenters. The van der Waals surface area contributed by atoms with Crippen molar-refractivity contribution in [1.29, 1.82) is 0 Å². The largest absolute Gasteiger partial charge is 0.490 e. The van der Waals surface area contributed by atoms with Gasteiger partial charge < -0.3 is 10.2 Å². The van der Waals surface area contributed by atoms with Crippen molar-refractivity contribution in [2.45, 2.75) is 38.9 Å². The lowest BCUT2D eigenvalue weighted by molar-refractivity contribution is -0.192. The lowest BCUT2D eigenvalue weighted by Crippen LogP contribution is -2.41. The number of likely N-dealkylation sites (tertiary alicyclic amines) is 1. The summed E-state index contributed by atoms with van der Waals surface area (Å²) < 4.78 is 31.7. The minimum absolute atomic E-state index is 0.00194. The molecule has 1 aliphatic heterocycles. The summed E-state index contributed by atoms with van der Waals surface area (Å²) in [4.78, 5) is 21.9. The van der Waals surface area contributed by atoms with Crippen molar-refractivity contribution in [2.75, 3.05) is 13.1 Å². The number of hydrogen-bond acceptors (Lipinski definition) is 3. The highest BCUT2D eigenvalue weighted by Gasteiger charge is 2.38. The van der Waals surface area contributed by atoms with Gasteiger partial charge in [-0.2, -0.15) is 13.2 Å². The van der Waals surface area contributed by atoms with Crippen molar-refractivity contribution in [2.24, 2.45) is 5.41 Å². The molecule has 2 N–H and O–H groups in total. The molecule has 5 nitrogen and oxygen atoms in total. The summed E-state index contributed by atoms with van der Waals surface area (Å²) in [5.41, 5.74) is -0.00194. The topological polar surface area (TPSA) is 77.8 Å². The van der Waals surface area contributed by atoms with Gasteiger partial charge in [-0.1, -0.05) is 19.9 Å². The molecule has 8 heteroatoms. The highest BCUT2D eigenvalue weighted by atomic mass is 19.4. The summed E-state index contributed by atoms with van der Waals surface area (Å²) >= 11 is 0. The van der Waals surface area contributed by atoms with Gasteiger partial charge in [-0.05, 0) is 24.8 Å². The second kappa shape index (κ2) is 7.44. The predicted molar refractivity (Wildman–Crippen MR) is 69.9 cm³/mol. The molecule has 1 aliphatic rings. The molecule has 0 radical (unpaired) electrons. The third kappa shape index (κ3) is 7.12. The highest BCUT2D eigenvalue weighted by Crippen LogP contribution is 2.24. The molecule has 0 saturated carbocycles. The van der Waals surface area contributed by atoms with E-state index in [1.165, 1.54) is 0 Å². The van der Waals surface area contributed by atoms with Gasteiger partial charge in [0, 0.05) is 6.54 Å². The first-order valence-corrected chi connectivity index (χ1v) is 6.31. The molecule has 0 aliphatic carbocycles. The van der Waals surface area contributed by atoms with E-state index in [-0.39, 0.29) is 11.5 Å². The van der Waals surface area contributed by atoms with Gasteiger partial charge in [0.2, 0.25) is 0 Å². The maximum absolute atomic E-state index is 10.9. The van der Waals surface area contributed by atoms with Crippen LogP contribution in [-0.4, -0.2) is 52.4 Å². The van der Waals surface area contributed by atoms with E-state index in [9.17, 15) is 18.0 Å². The van der Waals surface area contributed by atoms with Crippen LogP contribution in [0.3, 0.4) is 0 Å². The Morgan fingerprint density at radius 3 is 2.14 bits per heavy atom. The van der Waals surface area contributed by atoms with E-state index < -0.39 is 18.1 Å². The van der Waals surface area contributed by atoms with Gasteiger partial charge in [0.1, 0.15) is 6.04 Å². The number of carboxylic acid groups (broad SMARTS) is 2. The number of carboxylic acids is 2. The van der Waals surface area contributed by atoms with Gasteiger partial charge in [0.25, 0.3) is 0 Å². The van der Waals surface area contributed by atoms with E-state index in [1.54, 1.807) is 0 Å². The van der Waals surface area contributed by atoms with Crippen molar-refractivity contribution in [3.63, 3.8) is 0 Å². The molecule has 122 valence electrons. The zero-order valence-electron chi connectivity index (χ0n) is 12.0. The first-order chi connectivity index (χ1) is 9.40. The Morgan fingerprint density at radius 2 is 1.81 bits per heavy atom. The summed E-state index contributed by atoms with van der Waals surface area (Å²) in [6.45, 7) is 9.61. The van der Waals surface area contributed by atoms with E-state index in [1.807, 2.05) is 11.0 Å². The quantitative estimate of drug-likeness (QED) is 0.779. The van der Waals surface area contributed by atoms with Crippen LogP contribution in [-0.2, 0) is 9.59 Å². The Hall–Kier alpha value is -1.57. The lowest BCUT2D eigenvalue weighted by Gasteiger charge is -2.29. The van der Waals surface area contributed by atoms with Crippen LogP contribution in [0.1, 0.15) is 26.7 Å². The summed E-state index contributed by atoms with van der Waals surface area (Å²) in [7, 11) is 0. The fraction of sp³-hybridized carbons (Fsp3) is 0.692. The molecule has 0 aromatic rings. The summed E-state index contributed by atoms with van der Waals surface area (Å²) in [6.07, 6.45) is -1.42. The number of alkyl halides is 3. The number of aliphatic carboxylic acids is 2. The third-order valence-electron chi connectivity index (χ3n) is 3.05. The molecule has 0 spiro atoms. The van der Waals surface area contributed by atoms with Gasteiger partial charge in [0.05, 0.1) is 0 Å². The van der Waals surface area contributed by atoms with Crippen LogP contribution in [0.15, 0.2) is 12.7 Å². The van der Waals surface area contributed by atoms with Crippen LogP contribution in [0.2, 0.25) is 0 Å². The molecule has 0 aromatic carbocycles. The summed E-state index contributed by atoms with van der Waals surface area (Å²) in [5.74, 6) is -3.45. The zero-order valence-corrected chi connectivity index (χ0v) is 12.0. The molecule has 1 saturated heterocycles. The first kappa shape index (κ1) is 19.4. The normalized spacial score (nSPS) is 19.6. The maximum Gasteiger partial charge on any atom is 0.490 e. The minimum atomic E-state index is -5.08. The minimum Gasteiger partial charge on any atom is -0.480 e. The summed E-state index contributed by atoms with van der Waals surface area (Å²) in [5, 5.41) is 16.1. The monoisotopic (exact) mass is 311 g/mol. The molecule has 0 bridgehead atoms. The number of halogens is 3. The van der Waals surface area contributed by atoms with Crippen LogP contribution < -0.4 is 0 Å². The van der Waals surface area contributed by atoms with Crippen molar-refractivity contribution < 1.29 is 33.0 Å². The molecule has 1 heterocycles. The van der Waals surface area contributed by atoms with E-state index >= 15 is 0 Å². The lowest BCUT2D eigenvalue weighted by atomic mass is 9.93. The molecular formula is C13H20F3NO4. The average Bonchev–Trinajstić information content (AvgIpc) is 2.76. The van der Waals surface area contributed by atoms with E-state index in [0.29, 0.717) is 0 Å². The van der Waals surface area contributed by atoms with Crippen LogP contribution in [0, 0.1) is 5.41 Å². The molecular weight excluding hydrogens is 291 g/mol. The van der Waals surface area contributed by atoms with Gasteiger partial charge in [-0.3, -0.25) is 9.69 Å². The Labute approximate surface area is 121 Å². The predicted octanol–water partition coefficient (Wildman–Crippen LogP) is 2.38. The number of rotatable bonds is 4. The standard InChI is InChI=1S/C11H19NO2.C2HF3O2/c1-4-11(2,3)8-12-7-5-6-9(12)10(13)14;3-2(4,5)1(6)7/h4,9H,1,5-8H2,2-3H3,(H,13,14);(H,6,7). The van der Waals surface area contributed by atoms with Crippen LogP contribution in [0.25, 0.3) is 0 Å². The molecule has 21 heavy (non-hydrogen) atoms. The average molecular weight is 311 g/mol. The van der Waals surface area contributed by atoms with Crippen molar-refractivity contribution >= 4 is 11.9 Å². The molecule has 0 amide bonds. The number of nitrogens with zero attached hydrogens (tertiary/aromatic N) is 1. The van der Waals surface area contributed by atoms with Crippen molar-refractivity contribution in [3.8, 4) is 0 Å². The second-order valence-electron chi connectivity index (χ2n) is 5.46. The highest BCUT2D eigenvalue weighted by molar-refractivity contribution is 5.73. The Bertz CT molecular complexity index is 393. The van der Waals surface area contributed by atoms with Gasteiger partial charge >= 0.3 is 18.1 Å². The van der Waals surface area contributed by atoms with Gasteiger partial charge in [0.15, 0.2) is 0 Å². The van der Waals surface area contributed by atoms with Gasteiger partial charge in [-0.15, -0.1) is 6.58 Å². The van der Waals surface area contributed by atoms with Crippen molar-refractivity contribution in [1.82, 2.24) is 4.90 Å². The zero-order chi connectivity index (χ0) is 16.8.